The van der Waals surface area contributed by atoms with E-state index in [1.807, 2.05) is 12.1 Å². The fourth-order valence-electron chi connectivity index (χ4n) is 3.94. The molecule has 1 saturated heterocycles. The maximum atomic E-state index is 12.8. The molecule has 4 nitrogen and oxygen atoms in total. The molecule has 1 aromatic rings. The highest BCUT2D eigenvalue weighted by Crippen LogP contribution is 2.37. The lowest BCUT2D eigenvalue weighted by Crippen LogP contribution is -2.38. The van der Waals surface area contributed by atoms with Gasteiger partial charge in [0, 0.05) is 19.1 Å². The Morgan fingerprint density at radius 3 is 2.48 bits per heavy atom. The quantitative estimate of drug-likeness (QED) is 0.900. The summed E-state index contributed by atoms with van der Waals surface area (Å²) in [4.78, 5) is 0.416. The second-order valence-corrected chi connectivity index (χ2v) is 8.67. The zero-order valence-corrected chi connectivity index (χ0v) is 15.3. The van der Waals surface area contributed by atoms with Crippen LogP contribution in [0.2, 0.25) is 0 Å². The number of fused-ring (bicyclic) bond motifs is 1. The summed E-state index contributed by atoms with van der Waals surface area (Å²) < 4.78 is 27.3. The molecule has 3 unspecified atom stereocenters. The van der Waals surface area contributed by atoms with E-state index < -0.39 is 10.0 Å². The smallest absolute Gasteiger partial charge is 0.243 e. The van der Waals surface area contributed by atoms with Crippen LogP contribution in [0.4, 0.5) is 0 Å². The highest BCUT2D eigenvalue weighted by molar-refractivity contribution is 7.89. The van der Waals surface area contributed by atoms with Gasteiger partial charge in [-0.1, -0.05) is 31.9 Å². The average molecular weight is 359 g/mol. The van der Waals surface area contributed by atoms with E-state index >= 15 is 0 Å². The molecule has 2 N–H and O–H groups in total. The lowest BCUT2D eigenvalue weighted by molar-refractivity contribution is 0.260. The molecule has 2 aliphatic rings. The number of nitrogens with zero attached hydrogens (tertiary/aromatic N) is 1. The molecule has 0 spiro atoms. The summed E-state index contributed by atoms with van der Waals surface area (Å²) in [5.74, 6) is 0.778. The second kappa shape index (κ2) is 7.51. The number of aryl methyl sites for hydroxylation is 1. The first-order chi connectivity index (χ1) is 10.5. The Morgan fingerprint density at radius 2 is 1.87 bits per heavy atom. The molecular weight excluding hydrogens is 332 g/mol. The van der Waals surface area contributed by atoms with Crippen LogP contribution in [0.15, 0.2) is 29.2 Å². The summed E-state index contributed by atoms with van der Waals surface area (Å²) in [6.45, 7) is 3.35. The van der Waals surface area contributed by atoms with Crippen LogP contribution in [-0.2, 0) is 16.4 Å². The summed E-state index contributed by atoms with van der Waals surface area (Å²) in [6.07, 6.45) is 5.32. The van der Waals surface area contributed by atoms with Crippen LogP contribution >= 0.6 is 12.4 Å². The first-order valence-corrected chi connectivity index (χ1v) is 9.81. The van der Waals surface area contributed by atoms with Crippen LogP contribution in [-0.4, -0.2) is 31.9 Å². The van der Waals surface area contributed by atoms with Gasteiger partial charge in [-0.25, -0.2) is 8.42 Å². The molecule has 23 heavy (non-hydrogen) atoms. The third kappa shape index (κ3) is 3.73. The van der Waals surface area contributed by atoms with E-state index in [0.29, 0.717) is 29.8 Å². The van der Waals surface area contributed by atoms with E-state index in [-0.39, 0.29) is 18.4 Å². The Hall–Kier alpha value is -0.620. The van der Waals surface area contributed by atoms with Gasteiger partial charge >= 0.3 is 0 Å². The van der Waals surface area contributed by atoms with Crippen LogP contribution in [0.3, 0.4) is 0 Å². The normalized spacial score (nSPS) is 28.2. The minimum absolute atomic E-state index is 0. The number of hydrogen-bond donors (Lipinski definition) is 1. The van der Waals surface area contributed by atoms with Crippen LogP contribution in [0, 0.1) is 11.8 Å². The van der Waals surface area contributed by atoms with Gasteiger partial charge in [-0.2, -0.15) is 4.31 Å². The Kier molecular flexibility index (Phi) is 6.11. The molecule has 2 fully saturated rings. The zero-order chi connectivity index (χ0) is 15.7. The Morgan fingerprint density at radius 1 is 1.17 bits per heavy atom. The maximum Gasteiger partial charge on any atom is 0.243 e. The molecular formula is C17H27ClN2O2S. The van der Waals surface area contributed by atoms with Crippen LogP contribution in [0.1, 0.15) is 38.2 Å². The standard InChI is InChI=1S/C17H26N2O2S.ClH/c1-2-4-13-7-9-15(10-8-13)22(20,21)19-11-14-5-3-6-17(18)16(14)12-19;/h7-10,14,16-17H,2-6,11-12,18H2,1H3;1H. The van der Waals surface area contributed by atoms with Crippen molar-refractivity contribution in [1.82, 2.24) is 4.31 Å². The van der Waals surface area contributed by atoms with Gasteiger partial charge in [0.1, 0.15) is 0 Å². The van der Waals surface area contributed by atoms with Crippen molar-refractivity contribution in [3.8, 4) is 0 Å². The number of halogens is 1. The molecule has 3 rings (SSSR count). The van der Waals surface area contributed by atoms with Gasteiger partial charge in [0.2, 0.25) is 10.0 Å². The van der Waals surface area contributed by atoms with E-state index in [1.165, 1.54) is 5.56 Å². The monoisotopic (exact) mass is 358 g/mol. The molecule has 1 saturated carbocycles. The molecule has 1 aromatic carbocycles. The SMILES string of the molecule is CCCc1ccc(S(=O)(=O)N2CC3CCCC(N)C3C2)cc1.Cl. The molecule has 1 aliphatic heterocycles. The Bertz CT molecular complexity index is 618. The summed E-state index contributed by atoms with van der Waals surface area (Å²) in [5.41, 5.74) is 7.39. The van der Waals surface area contributed by atoms with E-state index in [9.17, 15) is 8.42 Å². The fourth-order valence-corrected chi connectivity index (χ4v) is 5.47. The lowest BCUT2D eigenvalue weighted by atomic mass is 9.78. The third-order valence-corrected chi connectivity index (χ3v) is 7.07. The lowest BCUT2D eigenvalue weighted by Gasteiger charge is -2.29. The van der Waals surface area contributed by atoms with Crippen molar-refractivity contribution in [1.29, 1.82) is 0 Å². The van der Waals surface area contributed by atoms with Gasteiger partial charge < -0.3 is 5.73 Å². The summed E-state index contributed by atoms with van der Waals surface area (Å²) in [6, 6.07) is 7.53. The zero-order valence-electron chi connectivity index (χ0n) is 13.6. The summed E-state index contributed by atoms with van der Waals surface area (Å²) in [5, 5.41) is 0. The number of hydrogen-bond acceptors (Lipinski definition) is 3. The highest BCUT2D eigenvalue weighted by atomic mass is 35.5. The van der Waals surface area contributed by atoms with Crippen LogP contribution in [0.5, 0.6) is 0 Å². The molecule has 1 heterocycles. The van der Waals surface area contributed by atoms with Crippen molar-refractivity contribution < 1.29 is 8.42 Å². The number of benzene rings is 1. The third-order valence-electron chi connectivity index (χ3n) is 5.22. The number of nitrogens with two attached hydrogens (primary N) is 1. The topological polar surface area (TPSA) is 63.4 Å². The number of rotatable bonds is 4. The maximum absolute atomic E-state index is 12.8. The van der Waals surface area contributed by atoms with Gasteiger partial charge in [-0.3, -0.25) is 0 Å². The molecule has 130 valence electrons. The van der Waals surface area contributed by atoms with Crippen molar-refractivity contribution in [3.05, 3.63) is 29.8 Å². The fraction of sp³-hybridized carbons (Fsp3) is 0.647. The van der Waals surface area contributed by atoms with Crippen LogP contribution < -0.4 is 5.73 Å². The van der Waals surface area contributed by atoms with E-state index in [1.54, 1.807) is 16.4 Å². The minimum Gasteiger partial charge on any atom is -0.327 e. The molecule has 1 aliphatic carbocycles. The van der Waals surface area contributed by atoms with Crippen LogP contribution in [0.25, 0.3) is 0 Å². The minimum atomic E-state index is -3.37. The van der Waals surface area contributed by atoms with Gasteiger partial charge in [0.05, 0.1) is 4.90 Å². The Labute approximate surface area is 145 Å². The van der Waals surface area contributed by atoms with Crippen molar-refractivity contribution in [2.75, 3.05) is 13.1 Å². The van der Waals surface area contributed by atoms with E-state index in [0.717, 1.165) is 32.1 Å². The first kappa shape index (κ1) is 18.7. The van der Waals surface area contributed by atoms with E-state index in [2.05, 4.69) is 6.92 Å². The molecule has 0 amide bonds. The molecule has 0 aromatic heterocycles. The summed E-state index contributed by atoms with van der Waals surface area (Å²) in [7, 11) is -3.37. The van der Waals surface area contributed by atoms with E-state index in [4.69, 9.17) is 5.73 Å². The highest BCUT2D eigenvalue weighted by Gasteiger charge is 2.43. The molecule has 0 bridgehead atoms. The van der Waals surface area contributed by atoms with Crippen molar-refractivity contribution in [2.24, 2.45) is 17.6 Å². The predicted molar refractivity (Wildman–Crippen MR) is 95.3 cm³/mol. The van der Waals surface area contributed by atoms with Gasteiger partial charge in [-0.05, 0) is 48.8 Å². The predicted octanol–water partition coefficient (Wildman–Crippen LogP) is 2.81. The Balaban J connectivity index is 0.00000192. The molecule has 0 radical (unpaired) electrons. The summed E-state index contributed by atoms with van der Waals surface area (Å²) >= 11 is 0. The molecule has 3 atom stereocenters. The van der Waals surface area contributed by atoms with Crippen molar-refractivity contribution in [2.45, 2.75) is 50.0 Å². The van der Waals surface area contributed by atoms with Gasteiger partial charge in [0.15, 0.2) is 0 Å². The average Bonchev–Trinajstić information content (AvgIpc) is 2.95. The van der Waals surface area contributed by atoms with Gasteiger partial charge in [0.25, 0.3) is 0 Å². The molecule has 6 heteroatoms. The van der Waals surface area contributed by atoms with Crippen molar-refractivity contribution >= 4 is 22.4 Å². The van der Waals surface area contributed by atoms with Crippen molar-refractivity contribution in [3.63, 3.8) is 0 Å². The van der Waals surface area contributed by atoms with Gasteiger partial charge in [-0.15, -0.1) is 12.4 Å². The first-order valence-electron chi connectivity index (χ1n) is 8.37. The number of sulfonamides is 1. The second-order valence-electron chi connectivity index (χ2n) is 6.73. The largest absolute Gasteiger partial charge is 0.327 e.